The molecule has 1 rings (SSSR count). The molecule has 0 aromatic carbocycles. The van der Waals surface area contributed by atoms with Gasteiger partial charge in [0.1, 0.15) is 0 Å². The number of nitrogens with two attached hydrogens (primary N) is 1. The van der Waals surface area contributed by atoms with Crippen molar-refractivity contribution in [3.8, 4) is 11.8 Å². The van der Waals surface area contributed by atoms with E-state index < -0.39 is 0 Å². The summed E-state index contributed by atoms with van der Waals surface area (Å²) in [7, 11) is 0. The molecule has 0 bridgehead atoms. The molecule has 0 amide bonds. The second-order valence-corrected chi connectivity index (χ2v) is 3.96. The Labute approximate surface area is 97.8 Å². The minimum atomic E-state index is -0.217. The topological polar surface area (TPSA) is 56.5 Å². The largest absolute Gasteiger partial charge is 0.381 e. The highest BCUT2D eigenvalue weighted by molar-refractivity contribution is 5.04. The zero-order chi connectivity index (χ0) is 11.9. The van der Waals surface area contributed by atoms with Gasteiger partial charge in [-0.2, -0.15) is 0 Å². The van der Waals surface area contributed by atoms with Crippen LogP contribution >= 0.6 is 0 Å². The summed E-state index contributed by atoms with van der Waals surface area (Å²) in [5.41, 5.74) is 2.63. The minimum Gasteiger partial charge on any atom is -0.381 e. The molecule has 1 saturated heterocycles. The number of hydrogen-bond acceptors (Lipinski definition) is 4. The molecule has 3 N–H and O–H groups in total. The fraction of sp³-hybridized carbons (Fsp3) is 0.833. The molecule has 92 valence electrons. The molecule has 0 aromatic rings. The van der Waals surface area contributed by atoms with Gasteiger partial charge in [0.2, 0.25) is 0 Å². The van der Waals surface area contributed by atoms with Crippen molar-refractivity contribution in [2.45, 2.75) is 44.8 Å². The zero-order valence-corrected chi connectivity index (χ0v) is 10.2. The molecule has 1 atom stereocenters. The highest BCUT2D eigenvalue weighted by atomic mass is 16.5. The van der Waals surface area contributed by atoms with E-state index in [0.717, 1.165) is 26.1 Å². The van der Waals surface area contributed by atoms with Crippen LogP contribution in [0.25, 0.3) is 0 Å². The van der Waals surface area contributed by atoms with Gasteiger partial charge >= 0.3 is 0 Å². The van der Waals surface area contributed by atoms with Crippen LogP contribution < -0.4 is 11.3 Å². The van der Waals surface area contributed by atoms with Crippen LogP contribution in [0.3, 0.4) is 0 Å². The van der Waals surface area contributed by atoms with Crippen molar-refractivity contribution >= 4 is 0 Å². The standard InChI is InChI=1S/C12H22N2O2/c1-3-5-6-11(14-13)12(16-4-2)7-9-15-10-8-12/h11,14H,4,6-10,13H2,1-2H3. The first kappa shape index (κ1) is 13.5. The second-order valence-electron chi connectivity index (χ2n) is 3.96. The maximum atomic E-state index is 5.93. The highest BCUT2D eigenvalue weighted by Crippen LogP contribution is 2.30. The summed E-state index contributed by atoms with van der Waals surface area (Å²) < 4.78 is 11.3. The Balaban J connectivity index is 2.73. The van der Waals surface area contributed by atoms with Crippen LogP contribution in [0.4, 0.5) is 0 Å². The van der Waals surface area contributed by atoms with Gasteiger partial charge in [-0.05, 0) is 13.8 Å². The SMILES string of the molecule is CC#CCC(NN)C1(OCC)CCOCC1. The average Bonchev–Trinajstić information content (AvgIpc) is 2.31. The molecule has 0 aliphatic carbocycles. The third-order valence-corrected chi connectivity index (χ3v) is 3.09. The maximum absolute atomic E-state index is 5.93. The monoisotopic (exact) mass is 226 g/mol. The third-order valence-electron chi connectivity index (χ3n) is 3.09. The highest BCUT2D eigenvalue weighted by Gasteiger charge is 2.40. The van der Waals surface area contributed by atoms with Crippen molar-refractivity contribution in [2.24, 2.45) is 5.84 Å². The fourth-order valence-corrected chi connectivity index (χ4v) is 2.20. The molecule has 0 aromatic heterocycles. The lowest BCUT2D eigenvalue weighted by atomic mass is 9.84. The van der Waals surface area contributed by atoms with Gasteiger partial charge < -0.3 is 9.47 Å². The first-order valence-electron chi connectivity index (χ1n) is 5.86. The summed E-state index contributed by atoms with van der Waals surface area (Å²) in [6.45, 7) is 6.01. The van der Waals surface area contributed by atoms with E-state index in [2.05, 4.69) is 17.3 Å². The normalized spacial score (nSPS) is 20.9. The van der Waals surface area contributed by atoms with E-state index in [1.807, 2.05) is 13.8 Å². The minimum absolute atomic E-state index is 0.0730. The van der Waals surface area contributed by atoms with Gasteiger partial charge in [-0.3, -0.25) is 11.3 Å². The zero-order valence-electron chi connectivity index (χ0n) is 10.2. The lowest BCUT2D eigenvalue weighted by molar-refractivity contribution is -0.125. The van der Waals surface area contributed by atoms with Gasteiger partial charge in [-0.25, -0.2) is 0 Å². The van der Waals surface area contributed by atoms with Crippen molar-refractivity contribution < 1.29 is 9.47 Å². The Bertz CT molecular complexity index is 246. The van der Waals surface area contributed by atoms with E-state index in [1.54, 1.807) is 0 Å². The molecule has 1 aliphatic rings. The van der Waals surface area contributed by atoms with Crippen molar-refractivity contribution in [2.75, 3.05) is 19.8 Å². The number of ether oxygens (including phenoxy) is 2. The summed E-state index contributed by atoms with van der Waals surface area (Å²) in [6.07, 6.45) is 2.47. The van der Waals surface area contributed by atoms with E-state index in [4.69, 9.17) is 15.3 Å². The fourth-order valence-electron chi connectivity index (χ4n) is 2.20. The quantitative estimate of drug-likeness (QED) is 0.414. The molecule has 16 heavy (non-hydrogen) atoms. The van der Waals surface area contributed by atoms with E-state index in [1.165, 1.54) is 0 Å². The Morgan fingerprint density at radius 2 is 2.19 bits per heavy atom. The maximum Gasteiger partial charge on any atom is 0.0901 e. The number of rotatable bonds is 5. The molecular formula is C12H22N2O2. The van der Waals surface area contributed by atoms with E-state index in [-0.39, 0.29) is 11.6 Å². The van der Waals surface area contributed by atoms with E-state index >= 15 is 0 Å². The summed E-state index contributed by atoms with van der Waals surface area (Å²) in [5, 5.41) is 0. The summed E-state index contributed by atoms with van der Waals surface area (Å²) in [4.78, 5) is 0. The lowest BCUT2D eigenvalue weighted by Gasteiger charge is -2.42. The summed E-state index contributed by atoms with van der Waals surface area (Å²) in [6, 6.07) is 0.0730. The van der Waals surface area contributed by atoms with E-state index in [9.17, 15) is 0 Å². The third kappa shape index (κ3) is 3.19. The van der Waals surface area contributed by atoms with Crippen LogP contribution in [0, 0.1) is 11.8 Å². The molecular weight excluding hydrogens is 204 g/mol. The summed E-state index contributed by atoms with van der Waals surface area (Å²) in [5.74, 6) is 11.6. The second kappa shape index (κ2) is 6.87. The van der Waals surface area contributed by atoms with Gasteiger partial charge in [0.05, 0.1) is 11.6 Å². The number of hydrogen-bond donors (Lipinski definition) is 2. The molecule has 0 saturated carbocycles. The molecule has 1 aliphatic heterocycles. The molecule has 4 heteroatoms. The average molecular weight is 226 g/mol. The van der Waals surface area contributed by atoms with Crippen molar-refractivity contribution in [1.29, 1.82) is 0 Å². The van der Waals surface area contributed by atoms with Crippen LogP contribution in [0.15, 0.2) is 0 Å². The van der Waals surface area contributed by atoms with Crippen LogP contribution in [-0.4, -0.2) is 31.5 Å². The first-order chi connectivity index (χ1) is 7.79. The van der Waals surface area contributed by atoms with Gasteiger partial charge in [0.15, 0.2) is 0 Å². The Hall–Kier alpha value is -0.600. The Kier molecular flexibility index (Phi) is 5.78. The van der Waals surface area contributed by atoms with E-state index in [0.29, 0.717) is 13.0 Å². The smallest absolute Gasteiger partial charge is 0.0901 e. The van der Waals surface area contributed by atoms with Gasteiger partial charge in [-0.15, -0.1) is 11.8 Å². The van der Waals surface area contributed by atoms with Gasteiger partial charge in [0.25, 0.3) is 0 Å². The Morgan fingerprint density at radius 3 is 2.69 bits per heavy atom. The number of nitrogens with one attached hydrogen (secondary N) is 1. The van der Waals surface area contributed by atoms with Crippen LogP contribution in [-0.2, 0) is 9.47 Å². The molecule has 0 radical (unpaired) electrons. The predicted molar refractivity (Wildman–Crippen MR) is 63.6 cm³/mol. The molecule has 1 unspecified atom stereocenters. The lowest BCUT2D eigenvalue weighted by Crippen LogP contribution is -2.57. The Morgan fingerprint density at radius 1 is 1.50 bits per heavy atom. The first-order valence-corrected chi connectivity index (χ1v) is 5.86. The summed E-state index contributed by atoms with van der Waals surface area (Å²) >= 11 is 0. The van der Waals surface area contributed by atoms with Crippen LogP contribution in [0.1, 0.15) is 33.1 Å². The van der Waals surface area contributed by atoms with Gasteiger partial charge in [-0.1, -0.05) is 0 Å². The van der Waals surface area contributed by atoms with Gasteiger partial charge in [0, 0.05) is 39.1 Å². The van der Waals surface area contributed by atoms with Crippen LogP contribution in [0.2, 0.25) is 0 Å². The molecule has 1 heterocycles. The number of hydrazine groups is 1. The molecule has 0 spiro atoms. The molecule has 4 nitrogen and oxygen atoms in total. The molecule has 1 fully saturated rings. The van der Waals surface area contributed by atoms with Crippen LogP contribution in [0.5, 0.6) is 0 Å². The van der Waals surface area contributed by atoms with Crippen molar-refractivity contribution in [3.63, 3.8) is 0 Å². The van der Waals surface area contributed by atoms with Crippen molar-refractivity contribution in [1.82, 2.24) is 5.43 Å². The predicted octanol–water partition coefficient (Wildman–Crippen LogP) is 0.817. The van der Waals surface area contributed by atoms with Crippen molar-refractivity contribution in [3.05, 3.63) is 0 Å².